The molecule has 0 unspecified atom stereocenters. The van der Waals surface area contributed by atoms with Crippen LogP contribution in [0.5, 0.6) is 0 Å². The van der Waals surface area contributed by atoms with Crippen molar-refractivity contribution in [2.45, 2.75) is 31.1 Å². The minimum absolute atomic E-state index is 0.00485. The molecule has 0 aliphatic carbocycles. The van der Waals surface area contributed by atoms with Crippen LogP contribution in [0.25, 0.3) is 0 Å². The zero-order valence-corrected chi connectivity index (χ0v) is 17.2. The van der Waals surface area contributed by atoms with Gasteiger partial charge in [0.2, 0.25) is 15.9 Å². The summed E-state index contributed by atoms with van der Waals surface area (Å²) in [7, 11) is -3.85. The molecule has 2 N–H and O–H groups in total. The molecule has 0 radical (unpaired) electrons. The van der Waals surface area contributed by atoms with Crippen LogP contribution in [0.15, 0.2) is 53.4 Å². The summed E-state index contributed by atoms with van der Waals surface area (Å²) < 4.78 is 26.7. The van der Waals surface area contributed by atoms with Crippen molar-refractivity contribution in [3.05, 3.63) is 59.7 Å². The molecule has 29 heavy (non-hydrogen) atoms. The fourth-order valence-corrected chi connectivity index (χ4v) is 4.55. The van der Waals surface area contributed by atoms with Crippen LogP contribution in [0.1, 0.15) is 35.7 Å². The van der Waals surface area contributed by atoms with E-state index in [1.165, 1.54) is 23.8 Å². The van der Waals surface area contributed by atoms with Gasteiger partial charge in [-0.05, 0) is 48.7 Å². The van der Waals surface area contributed by atoms with Crippen LogP contribution >= 0.6 is 0 Å². The maximum absolute atomic E-state index is 12.8. The summed E-state index contributed by atoms with van der Waals surface area (Å²) in [5.74, 6) is -0.726. The Balaban J connectivity index is 1.73. The predicted octanol–water partition coefficient (Wildman–Crippen LogP) is 2.40. The van der Waals surface area contributed by atoms with E-state index < -0.39 is 10.0 Å². The van der Waals surface area contributed by atoms with Gasteiger partial charge in [0.15, 0.2) is 0 Å². The quantitative estimate of drug-likeness (QED) is 0.726. The monoisotopic (exact) mass is 415 g/mol. The number of aryl methyl sites for hydroxylation is 1. The van der Waals surface area contributed by atoms with E-state index in [0.717, 1.165) is 23.6 Å². The highest BCUT2D eigenvalue weighted by Crippen LogP contribution is 2.19. The van der Waals surface area contributed by atoms with Crippen molar-refractivity contribution in [1.29, 1.82) is 0 Å². The summed E-state index contributed by atoms with van der Waals surface area (Å²) in [6.45, 7) is 2.40. The number of carbonyl (C=O) groups excluding carboxylic acids is 2. The van der Waals surface area contributed by atoms with Gasteiger partial charge >= 0.3 is 0 Å². The zero-order chi connectivity index (χ0) is 20.9. The average Bonchev–Trinajstić information content (AvgIpc) is 2.73. The summed E-state index contributed by atoms with van der Waals surface area (Å²) in [6, 6.07) is 13.5. The summed E-state index contributed by atoms with van der Waals surface area (Å²) in [4.78, 5) is 24.1. The second-order valence-corrected chi connectivity index (χ2v) is 8.91. The highest BCUT2D eigenvalue weighted by molar-refractivity contribution is 7.89. The number of hydrogen-bond donors (Lipinski definition) is 2. The lowest BCUT2D eigenvalue weighted by Crippen LogP contribution is -2.49. The molecular weight excluding hydrogens is 390 g/mol. The fourth-order valence-electron chi connectivity index (χ4n) is 3.11. The van der Waals surface area contributed by atoms with E-state index in [0.29, 0.717) is 5.69 Å². The Hall–Kier alpha value is -2.71. The molecule has 1 fully saturated rings. The number of hydrogen-bond acceptors (Lipinski definition) is 4. The minimum Gasteiger partial charge on any atom is -0.354 e. The second kappa shape index (κ2) is 9.19. The number of rotatable bonds is 7. The Morgan fingerprint density at radius 1 is 1.17 bits per heavy atom. The molecule has 0 aromatic heterocycles. The maximum atomic E-state index is 12.8. The predicted molar refractivity (Wildman–Crippen MR) is 111 cm³/mol. The van der Waals surface area contributed by atoms with Crippen LogP contribution in [0.2, 0.25) is 0 Å². The molecule has 2 amide bonds. The highest BCUT2D eigenvalue weighted by atomic mass is 32.2. The van der Waals surface area contributed by atoms with Crippen molar-refractivity contribution in [3.8, 4) is 0 Å². The highest BCUT2D eigenvalue weighted by Gasteiger charge is 2.29. The molecule has 0 saturated carbocycles. The van der Waals surface area contributed by atoms with E-state index in [1.807, 2.05) is 24.3 Å². The third kappa shape index (κ3) is 5.21. The number of carbonyl (C=O) groups is 2. The SMILES string of the molecule is CCCCc1ccc(NC(=O)c2cccc(S(=O)(=O)N3CCNC(=O)C3)c2)cc1. The molecule has 154 valence electrons. The number of amides is 2. The second-order valence-electron chi connectivity index (χ2n) is 6.97. The molecule has 3 rings (SSSR count). The van der Waals surface area contributed by atoms with Crippen molar-refractivity contribution in [2.24, 2.45) is 0 Å². The number of sulfonamides is 1. The number of piperazine rings is 1. The van der Waals surface area contributed by atoms with E-state index in [4.69, 9.17) is 0 Å². The Morgan fingerprint density at radius 3 is 2.62 bits per heavy atom. The molecule has 7 nitrogen and oxygen atoms in total. The van der Waals surface area contributed by atoms with Crippen LogP contribution in [0, 0.1) is 0 Å². The third-order valence-corrected chi connectivity index (χ3v) is 6.61. The van der Waals surface area contributed by atoms with Gasteiger partial charge in [0, 0.05) is 24.3 Å². The fraction of sp³-hybridized carbons (Fsp3) is 0.333. The Bertz CT molecular complexity index is 987. The van der Waals surface area contributed by atoms with Crippen molar-refractivity contribution >= 4 is 27.5 Å². The van der Waals surface area contributed by atoms with Gasteiger partial charge in [0.1, 0.15) is 0 Å². The van der Waals surface area contributed by atoms with E-state index in [1.54, 1.807) is 6.07 Å². The summed E-state index contributed by atoms with van der Waals surface area (Å²) >= 11 is 0. The van der Waals surface area contributed by atoms with Gasteiger partial charge in [-0.15, -0.1) is 0 Å². The molecule has 1 aliphatic heterocycles. The first-order valence-electron chi connectivity index (χ1n) is 9.67. The van der Waals surface area contributed by atoms with Gasteiger partial charge in [-0.25, -0.2) is 8.42 Å². The van der Waals surface area contributed by atoms with Crippen LogP contribution in [-0.2, 0) is 21.2 Å². The Kier molecular flexibility index (Phi) is 6.66. The van der Waals surface area contributed by atoms with Gasteiger partial charge in [-0.3, -0.25) is 9.59 Å². The summed E-state index contributed by atoms with van der Waals surface area (Å²) in [5, 5.41) is 5.39. The molecule has 1 saturated heterocycles. The van der Waals surface area contributed by atoms with Crippen molar-refractivity contribution in [1.82, 2.24) is 9.62 Å². The van der Waals surface area contributed by atoms with E-state index >= 15 is 0 Å². The zero-order valence-electron chi connectivity index (χ0n) is 16.3. The summed E-state index contributed by atoms with van der Waals surface area (Å²) in [5.41, 5.74) is 2.10. The molecule has 0 bridgehead atoms. The van der Waals surface area contributed by atoms with Gasteiger partial charge in [0.25, 0.3) is 5.91 Å². The Labute approximate surface area is 171 Å². The number of anilines is 1. The maximum Gasteiger partial charge on any atom is 0.255 e. The van der Waals surface area contributed by atoms with Crippen LogP contribution < -0.4 is 10.6 Å². The topological polar surface area (TPSA) is 95.6 Å². The molecule has 8 heteroatoms. The lowest BCUT2D eigenvalue weighted by Gasteiger charge is -2.26. The van der Waals surface area contributed by atoms with Gasteiger partial charge in [0.05, 0.1) is 11.4 Å². The Morgan fingerprint density at radius 2 is 1.93 bits per heavy atom. The first-order valence-corrected chi connectivity index (χ1v) is 11.1. The van der Waals surface area contributed by atoms with E-state index in [2.05, 4.69) is 17.6 Å². The van der Waals surface area contributed by atoms with E-state index in [9.17, 15) is 18.0 Å². The van der Waals surface area contributed by atoms with Crippen molar-refractivity contribution in [3.63, 3.8) is 0 Å². The normalized spacial score (nSPS) is 15.0. The first-order chi connectivity index (χ1) is 13.9. The molecule has 0 atom stereocenters. The lowest BCUT2D eigenvalue weighted by molar-refractivity contribution is -0.122. The molecule has 2 aromatic carbocycles. The molecule has 1 aliphatic rings. The molecule has 0 spiro atoms. The van der Waals surface area contributed by atoms with Crippen molar-refractivity contribution in [2.75, 3.05) is 25.0 Å². The number of benzene rings is 2. The minimum atomic E-state index is -3.85. The van der Waals surface area contributed by atoms with Crippen LogP contribution in [-0.4, -0.2) is 44.2 Å². The number of unbranched alkanes of at least 4 members (excludes halogenated alkanes) is 1. The molecule has 1 heterocycles. The first kappa shape index (κ1) is 21.0. The molecular formula is C21H25N3O4S. The lowest BCUT2D eigenvalue weighted by atomic mass is 10.1. The van der Waals surface area contributed by atoms with Crippen LogP contribution in [0.4, 0.5) is 5.69 Å². The summed E-state index contributed by atoms with van der Waals surface area (Å²) in [6.07, 6.45) is 3.24. The smallest absolute Gasteiger partial charge is 0.255 e. The largest absolute Gasteiger partial charge is 0.354 e. The third-order valence-electron chi connectivity index (χ3n) is 4.77. The number of nitrogens with one attached hydrogen (secondary N) is 2. The van der Waals surface area contributed by atoms with Gasteiger partial charge in [-0.2, -0.15) is 4.31 Å². The van der Waals surface area contributed by atoms with E-state index in [-0.39, 0.29) is 41.9 Å². The van der Waals surface area contributed by atoms with Crippen LogP contribution in [0.3, 0.4) is 0 Å². The van der Waals surface area contributed by atoms with Gasteiger partial charge in [-0.1, -0.05) is 31.5 Å². The standard InChI is InChI=1S/C21H25N3O4S/c1-2-3-5-16-8-10-18(11-9-16)23-21(26)17-6-4-7-19(14-17)29(27,28)24-13-12-22-20(25)15-24/h4,6-11,14H,2-3,5,12-13,15H2,1H3,(H,22,25)(H,23,26). The van der Waals surface area contributed by atoms with Crippen molar-refractivity contribution < 1.29 is 18.0 Å². The van der Waals surface area contributed by atoms with Gasteiger partial charge < -0.3 is 10.6 Å². The average molecular weight is 416 g/mol. The number of nitrogens with zero attached hydrogens (tertiary/aromatic N) is 1. The molecule has 2 aromatic rings.